The van der Waals surface area contributed by atoms with Crippen molar-refractivity contribution in [3.63, 3.8) is 0 Å². The second-order valence-electron chi connectivity index (χ2n) is 7.42. The number of fused-ring (bicyclic) bond motifs is 1. The minimum atomic E-state index is -4.38. The second kappa shape index (κ2) is 8.94. The van der Waals surface area contributed by atoms with Crippen LogP contribution in [-0.4, -0.2) is 12.6 Å². The summed E-state index contributed by atoms with van der Waals surface area (Å²) >= 11 is 0. The van der Waals surface area contributed by atoms with E-state index in [-0.39, 0.29) is 6.61 Å². The van der Waals surface area contributed by atoms with Crippen LogP contribution in [-0.2, 0) is 17.3 Å². The van der Waals surface area contributed by atoms with Gasteiger partial charge in [-0.1, -0.05) is 25.0 Å². The predicted molar refractivity (Wildman–Crippen MR) is 112 cm³/mol. The van der Waals surface area contributed by atoms with Gasteiger partial charge >= 0.3 is 12.1 Å². The standard InChI is InChI=1S/C24H26F3NO2/c1-4-7-21-16(3)10-11-17-14-19(24(25,26)27)12-13-22(17)28(21)20-9-6-8-18(15-20)23(29)30-5-2/h6,8-9,12-15H,4-5,7,10-11H2,1-3H3. The van der Waals surface area contributed by atoms with Crippen molar-refractivity contribution in [3.8, 4) is 0 Å². The molecular weight excluding hydrogens is 391 g/mol. The average molecular weight is 417 g/mol. The van der Waals surface area contributed by atoms with E-state index in [9.17, 15) is 18.0 Å². The molecule has 160 valence electrons. The van der Waals surface area contributed by atoms with E-state index < -0.39 is 17.7 Å². The minimum Gasteiger partial charge on any atom is -0.462 e. The lowest BCUT2D eigenvalue weighted by atomic mass is 10.0. The average Bonchev–Trinajstić information content (AvgIpc) is 2.84. The number of alkyl halides is 3. The van der Waals surface area contributed by atoms with Crippen LogP contribution in [0.1, 0.15) is 61.5 Å². The Morgan fingerprint density at radius 2 is 1.87 bits per heavy atom. The number of ether oxygens (including phenoxy) is 1. The molecule has 0 amide bonds. The van der Waals surface area contributed by atoms with Crippen molar-refractivity contribution >= 4 is 17.3 Å². The Bertz CT molecular complexity index is 963. The summed E-state index contributed by atoms with van der Waals surface area (Å²) in [6.07, 6.45) is -1.47. The van der Waals surface area contributed by atoms with Crippen LogP contribution >= 0.6 is 0 Å². The Hall–Kier alpha value is -2.76. The van der Waals surface area contributed by atoms with Gasteiger partial charge in [0.2, 0.25) is 0 Å². The lowest BCUT2D eigenvalue weighted by molar-refractivity contribution is -0.137. The molecule has 2 aromatic rings. The molecule has 0 saturated heterocycles. The van der Waals surface area contributed by atoms with E-state index in [0.717, 1.165) is 41.6 Å². The second-order valence-corrected chi connectivity index (χ2v) is 7.42. The van der Waals surface area contributed by atoms with E-state index >= 15 is 0 Å². The van der Waals surface area contributed by atoms with Gasteiger partial charge in [0, 0.05) is 17.1 Å². The summed E-state index contributed by atoms with van der Waals surface area (Å²) in [6, 6.07) is 11.0. The monoisotopic (exact) mass is 417 g/mol. The third-order valence-corrected chi connectivity index (χ3v) is 5.28. The highest BCUT2D eigenvalue weighted by molar-refractivity contribution is 5.91. The van der Waals surface area contributed by atoms with Gasteiger partial charge in [-0.15, -0.1) is 0 Å². The molecule has 0 spiro atoms. The van der Waals surface area contributed by atoms with Gasteiger partial charge in [0.15, 0.2) is 0 Å². The van der Waals surface area contributed by atoms with Gasteiger partial charge in [-0.2, -0.15) is 13.2 Å². The molecule has 0 N–H and O–H groups in total. The highest BCUT2D eigenvalue weighted by Crippen LogP contribution is 2.42. The summed E-state index contributed by atoms with van der Waals surface area (Å²) in [6.45, 7) is 6.13. The molecule has 3 rings (SSSR count). The molecule has 0 unspecified atom stereocenters. The van der Waals surface area contributed by atoms with Crippen molar-refractivity contribution < 1.29 is 22.7 Å². The number of aryl methyl sites for hydroxylation is 1. The normalized spacial score (nSPS) is 14.4. The van der Waals surface area contributed by atoms with Gasteiger partial charge in [-0.3, -0.25) is 0 Å². The molecule has 1 heterocycles. The van der Waals surface area contributed by atoms with Gasteiger partial charge in [0.05, 0.1) is 17.7 Å². The highest BCUT2D eigenvalue weighted by Gasteiger charge is 2.32. The summed E-state index contributed by atoms with van der Waals surface area (Å²) in [4.78, 5) is 14.2. The van der Waals surface area contributed by atoms with Crippen LogP contribution in [0.15, 0.2) is 53.7 Å². The minimum absolute atomic E-state index is 0.274. The highest BCUT2D eigenvalue weighted by atomic mass is 19.4. The molecule has 3 nitrogen and oxygen atoms in total. The summed E-state index contributed by atoms with van der Waals surface area (Å²) in [7, 11) is 0. The fourth-order valence-electron chi connectivity index (χ4n) is 3.83. The molecular formula is C24H26F3NO2. The summed E-state index contributed by atoms with van der Waals surface area (Å²) in [5.74, 6) is -0.417. The quantitative estimate of drug-likeness (QED) is 0.489. The predicted octanol–water partition coefficient (Wildman–Crippen LogP) is 7.04. The molecule has 6 heteroatoms. The molecule has 0 fully saturated rings. The number of halogens is 3. The first-order valence-electron chi connectivity index (χ1n) is 10.2. The molecule has 2 aromatic carbocycles. The van der Waals surface area contributed by atoms with E-state index in [1.54, 1.807) is 31.2 Å². The van der Waals surface area contributed by atoms with E-state index in [1.807, 2.05) is 17.9 Å². The zero-order valence-electron chi connectivity index (χ0n) is 17.5. The van der Waals surface area contributed by atoms with Crippen LogP contribution in [0.5, 0.6) is 0 Å². The molecule has 0 saturated carbocycles. The Kier molecular flexibility index (Phi) is 6.54. The zero-order chi connectivity index (χ0) is 21.9. The van der Waals surface area contributed by atoms with Crippen molar-refractivity contribution in [2.45, 2.75) is 52.6 Å². The third kappa shape index (κ3) is 4.53. The van der Waals surface area contributed by atoms with E-state index in [0.29, 0.717) is 24.0 Å². The summed E-state index contributed by atoms with van der Waals surface area (Å²) in [5, 5.41) is 0. The van der Waals surface area contributed by atoms with Crippen LogP contribution in [0.4, 0.5) is 24.5 Å². The molecule has 30 heavy (non-hydrogen) atoms. The fraction of sp³-hybridized carbons (Fsp3) is 0.375. The van der Waals surface area contributed by atoms with Gasteiger partial charge < -0.3 is 9.64 Å². The number of nitrogens with zero attached hydrogens (tertiary/aromatic N) is 1. The van der Waals surface area contributed by atoms with Crippen LogP contribution in [0.3, 0.4) is 0 Å². The van der Waals surface area contributed by atoms with Crippen molar-refractivity contribution in [1.82, 2.24) is 0 Å². The number of carbonyl (C=O) groups is 1. The Morgan fingerprint density at radius 3 is 2.53 bits per heavy atom. The number of hydrogen-bond acceptors (Lipinski definition) is 3. The molecule has 0 atom stereocenters. The maximum Gasteiger partial charge on any atom is 0.416 e. The number of benzene rings is 2. The van der Waals surface area contributed by atoms with Crippen molar-refractivity contribution in [2.75, 3.05) is 11.5 Å². The first kappa shape index (κ1) is 21.9. The van der Waals surface area contributed by atoms with Crippen molar-refractivity contribution in [3.05, 3.63) is 70.4 Å². The molecule has 0 bridgehead atoms. The summed E-state index contributed by atoms with van der Waals surface area (Å²) < 4.78 is 45.0. The maximum absolute atomic E-state index is 13.3. The van der Waals surface area contributed by atoms with Gasteiger partial charge in [0.25, 0.3) is 0 Å². The molecule has 1 aliphatic rings. The molecule has 1 aliphatic heterocycles. The van der Waals surface area contributed by atoms with Crippen LogP contribution in [0.2, 0.25) is 0 Å². The Labute approximate surface area is 175 Å². The maximum atomic E-state index is 13.3. The zero-order valence-corrected chi connectivity index (χ0v) is 17.5. The van der Waals surface area contributed by atoms with E-state index in [2.05, 4.69) is 6.92 Å². The van der Waals surface area contributed by atoms with Crippen LogP contribution in [0.25, 0.3) is 0 Å². The first-order valence-corrected chi connectivity index (χ1v) is 10.2. The lowest BCUT2D eigenvalue weighted by Gasteiger charge is -2.30. The lowest BCUT2D eigenvalue weighted by Crippen LogP contribution is -2.19. The van der Waals surface area contributed by atoms with Crippen molar-refractivity contribution in [1.29, 1.82) is 0 Å². The van der Waals surface area contributed by atoms with E-state index in [4.69, 9.17) is 4.74 Å². The van der Waals surface area contributed by atoms with Gasteiger partial charge in [0.1, 0.15) is 0 Å². The van der Waals surface area contributed by atoms with Gasteiger partial charge in [-0.05, 0) is 75.1 Å². The Morgan fingerprint density at radius 1 is 1.10 bits per heavy atom. The number of esters is 1. The number of rotatable bonds is 5. The van der Waals surface area contributed by atoms with Crippen molar-refractivity contribution in [2.24, 2.45) is 0 Å². The SMILES string of the molecule is CCCC1=C(C)CCc2cc(C(F)(F)F)ccc2N1c1cccc(C(=O)OCC)c1. The number of allylic oxidation sites excluding steroid dienone is 2. The smallest absolute Gasteiger partial charge is 0.416 e. The molecule has 0 aromatic heterocycles. The molecule has 0 aliphatic carbocycles. The first-order chi connectivity index (χ1) is 14.3. The van der Waals surface area contributed by atoms with E-state index in [1.165, 1.54) is 6.07 Å². The Balaban J connectivity index is 2.17. The molecule has 0 radical (unpaired) electrons. The third-order valence-electron chi connectivity index (χ3n) is 5.28. The summed E-state index contributed by atoms with van der Waals surface area (Å²) in [5.41, 5.74) is 4.10. The number of anilines is 2. The fourth-order valence-corrected chi connectivity index (χ4v) is 3.83. The number of hydrogen-bond donors (Lipinski definition) is 0. The number of carbonyl (C=O) groups excluding carboxylic acids is 1. The van der Waals surface area contributed by atoms with Crippen LogP contribution < -0.4 is 4.90 Å². The largest absolute Gasteiger partial charge is 0.462 e. The van der Waals surface area contributed by atoms with Crippen LogP contribution in [0, 0.1) is 0 Å². The topological polar surface area (TPSA) is 29.5 Å². The van der Waals surface area contributed by atoms with Gasteiger partial charge in [-0.25, -0.2) is 4.79 Å².